The first kappa shape index (κ1) is 20.9. The summed E-state index contributed by atoms with van der Waals surface area (Å²) in [4.78, 5) is 34.7. The monoisotopic (exact) mass is 423 g/mol. The van der Waals surface area contributed by atoms with Gasteiger partial charge in [0.05, 0.1) is 4.92 Å². The highest BCUT2D eigenvalue weighted by Crippen LogP contribution is 2.29. The smallest absolute Gasteiger partial charge is 0.315 e. The van der Waals surface area contributed by atoms with Crippen LogP contribution in [0.2, 0.25) is 0 Å². The number of nitro groups is 1. The van der Waals surface area contributed by atoms with Crippen molar-refractivity contribution in [3.63, 3.8) is 0 Å². The Morgan fingerprint density at radius 2 is 1.97 bits per heavy atom. The van der Waals surface area contributed by atoms with Crippen molar-refractivity contribution >= 4 is 15.7 Å². The quantitative estimate of drug-likeness (QED) is 0.490. The van der Waals surface area contributed by atoms with E-state index >= 15 is 0 Å². The molecule has 0 spiro atoms. The number of aromatic nitrogens is 2. The fourth-order valence-electron chi connectivity index (χ4n) is 3.41. The second kappa shape index (κ2) is 7.89. The maximum Gasteiger partial charge on any atom is 0.330 e. The number of aryl methyl sites for hydroxylation is 1. The molecule has 3 rings (SSSR count). The first-order valence-corrected chi connectivity index (χ1v) is 10.3. The molecule has 0 bridgehead atoms. The second-order valence-electron chi connectivity index (χ2n) is 6.83. The van der Waals surface area contributed by atoms with Gasteiger partial charge in [0, 0.05) is 51.1 Å². The Morgan fingerprint density at radius 3 is 2.59 bits per heavy atom. The minimum atomic E-state index is -4.29. The molecule has 1 N–H and O–H groups in total. The molecule has 1 aliphatic rings. The standard InChI is InChI=1S/C17H21N5O6S/c1-19-10-12(16(23)20(2)17(19)24)11-21(13-7-8-18-9-13)29(27,28)15-6-4-3-5-14(15)22(25)26/h3-6,10,13,18H,7-9,11H2,1-2H3. The fraction of sp³-hybridized carbons (Fsp3) is 0.412. The number of para-hydroxylation sites is 1. The van der Waals surface area contributed by atoms with E-state index in [0.29, 0.717) is 19.5 Å². The number of hydrogen-bond donors (Lipinski definition) is 1. The predicted molar refractivity (Wildman–Crippen MR) is 104 cm³/mol. The second-order valence-corrected chi connectivity index (χ2v) is 8.69. The Bertz CT molecular complexity index is 1160. The van der Waals surface area contributed by atoms with Crippen LogP contribution >= 0.6 is 0 Å². The van der Waals surface area contributed by atoms with E-state index in [1.165, 1.54) is 43.1 Å². The Morgan fingerprint density at radius 1 is 1.28 bits per heavy atom. The van der Waals surface area contributed by atoms with Crippen LogP contribution in [0.5, 0.6) is 0 Å². The minimum Gasteiger partial charge on any atom is -0.315 e. The Kier molecular flexibility index (Phi) is 5.68. The number of rotatable bonds is 6. The molecule has 2 aromatic rings. The van der Waals surface area contributed by atoms with Crippen LogP contribution < -0.4 is 16.6 Å². The molecule has 0 saturated carbocycles. The SMILES string of the molecule is Cn1cc(CN(C2CCNC2)S(=O)(=O)c2ccccc2[N+](=O)[O-])c(=O)n(C)c1=O. The highest BCUT2D eigenvalue weighted by molar-refractivity contribution is 7.89. The maximum atomic E-state index is 13.4. The van der Waals surface area contributed by atoms with Crippen molar-refractivity contribution in [1.29, 1.82) is 0 Å². The van der Waals surface area contributed by atoms with Crippen molar-refractivity contribution in [1.82, 2.24) is 18.8 Å². The summed E-state index contributed by atoms with van der Waals surface area (Å²) in [5.74, 6) is 0. The lowest BCUT2D eigenvalue weighted by Crippen LogP contribution is -2.45. The molecule has 1 atom stereocenters. The van der Waals surface area contributed by atoms with Crippen LogP contribution in [-0.4, -0.2) is 45.9 Å². The summed E-state index contributed by atoms with van der Waals surface area (Å²) in [7, 11) is -1.52. The summed E-state index contributed by atoms with van der Waals surface area (Å²) >= 11 is 0. The average Bonchev–Trinajstić information content (AvgIpc) is 3.22. The molecule has 11 nitrogen and oxygen atoms in total. The molecular formula is C17H21N5O6S. The van der Waals surface area contributed by atoms with Gasteiger partial charge in [0.15, 0.2) is 4.90 Å². The average molecular weight is 423 g/mol. The summed E-state index contributed by atoms with van der Waals surface area (Å²) < 4.78 is 30.0. The van der Waals surface area contributed by atoms with Gasteiger partial charge in [-0.3, -0.25) is 19.5 Å². The topological polar surface area (TPSA) is 137 Å². The van der Waals surface area contributed by atoms with Crippen molar-refractivity contribution in [2.45, 2.75) is 23.9 Å². The first-order valence-electron chi connectivity index (χ1n) is 8.86. The summed E-state index contributed by atoms with van der Waals surface area (Å²) in [5.41, 5.74) is -1.57. The van der Waals surface area contributed by atoms with Crippen molar-refractivity contribution in [3.05, 3.63) is 67.0 Å². The van der Waals surface area contributed by atoms with Crippen LogP contribution in [0.25, 0.3) is 0 Å². The van der Waals surface area contributed by atoms with Gasteiger partial charge in [-0.1, -0.05) is 12.1 Å². The normalized spacial score (nSPS) is 17.0. The van der Waals surface area contributed by atoms with E-state index in [4.69, 9.17) is 0 Å². The van der Waals surface area contributed by atoms with E-state index in [-0.39, 0.29) is 12.1 Å². The van der Waals surface area contributed by atoms with E-state index in [1.807, 2.05) is 0 Å². The molecule has 12 heteroatoms. The van der Waals surface area contributed by atoms with Gasteiger partial charge >= 0.3 is 5.69 Å². The molecule has 0 amide bonds. The van der Waals surface area contributed by atoms with Crippen molar-refractivity contribution in [3.8, 4) is 0 Å². The number of nitro benzene ring substituents is 1. The van der Waals surface area contributed by atoms with E-state index in [9.17, 15) is 28.1 Å². The van der Waals surface area contributed by atoms with Gasteiger partial charge in [-0.05, 0) is 19.0 Å². The van der Waals surface area contributed by atoms with E-state index in [1.54, 1.807) is 0 Å². The molecule has 0 aliphatic carbocycles. The lowest BCUT2D eigenvalue weighted by atomic mass is 10.2. The predicted octanol–water partition coefficient (Wildman–Crippen LogP) is -0.455. The number of nitrogens with zero attached hydrogens (tertiary/aromatic N) is 4. The zero-order valence-corrected chi connectivity index (χ0v) is 16.8. The molecular weight excluding hydrogens is 402 g/mol. The summed E-state index contributed by atoms with van der Waals surface area (Å²) in [6.07, 6.45) is 1.79. The third kappa shape index (κ3) is 3.86. The Hall–Kier alpha value is -2.83. The molecule has 156 valence electrons. The maximum absolute atomic E-state index is 13.4. The summed E-state index contributed by atoms with van der Waals surface area (Å²) in [5, 5.41) is 14.4. The highest BCUT2D eigenvalue weighted by Gasteiger charge is 2.37. The summed E-state index contributed by atoms with van der Waals surface area (Å²) in [6, 6.07) is 4.63. The molecule has 1 unspecified atom stereocenters. The molecule has 1 aromatic carbocycles. The van der Waals surface area contributed by atoms with Gasteiger partial charge in [0.25, 0.3) is 21.3 Å². The van der Waals surface area contributed by atoms with Gasteiger partial charge in [-0.15, -0.1) is 0 Å². The van der Waals surface area contributed by atoms with Gasteiger partial charge in [0.2, 0.25) is 0 Å². The van der Waals surface area contributed by atoms with Gasteiger partial charge < -0.3 is 9.88 Å². The van der Waals surface area contributed by atoms with E-state index < -0.39 is 42.8 Å². The van der Waals surface area contributed by atoms with Gasteiger partial charge in [-0.25, -0.2) is 13.2 Å². The largest absolute Gasteiger partial charge is 0.330 e. The zero-order valence-electron chi connectivity index (χ0n) is 15.9. The van der Waals surface area contributed by atoms with E-state index in [2.05, 4.69) is 5.32 Å². The molecule has 1 aliphatic heterocycles. The van der Waals surface area contributed by atoms with Crippen LogP contribution in [0, 0.1) is 10.1 Å². The molecule has 1 aromatic heterocycles. The Balaban J connectivity index is 2.14. The molecule has 0 radical (unpaired) electrons. The zero-order chi connectivity index (χ0) is 21.3. The third-order valence-electron chi connectivity index (χ3n) is 4.93. The third-order valence-corrected chi connectivity index (χ3v) is 6.88. The fourth-order valence-corrected chi connectivity index (χ4v) is 5.20. The number of sulfonamides is 1. The van der Waals surface area contributed by atoms with Crippen LogP contribution in [-0.2, 0) is 30.7 Å². The highest BCUT2D eigenvalue weighted by atomic mass is 32.2. The lowest BCUT2D eigenvalue weighted by Gasteiger charge is -2.27. The first-order chi connectivity index (χ1) is 13.6. The molecule has 1 fully saturated rings. The lowest BCUT2D eigenvalue weighted by molar-refractivity contribution is -0.387. The number of hydrogen-bond acceptors (Lipinski definition) is 7. The van der Waals surface area contributed by atoms with Crippen molar-refractivity contribution < 1.29 is 13.3 Å². The van der Waals surface area contributed by atoms with Crippen molar-refractivity contribution in [2.24, 2.45) is 14.1 Å². The van der Waals surface area contributed by atoms with Gasteiger partial charge in [0.1, 0.15) is 0 Å². The van der Waals surface area contributed by atoms with Crippen LogP contribution in [0.4, 0.5) is 5.69 Å². The Labute approximate surface area is 166 Å². The summed E-state index contributed by atoms with van der Waals surface area (Å²) in [6.45, 7) is 0.631. The van der Waals surface area contributed by atoms with Crippen LogP contribution in [0.1, 0.15) is 12.0 Å². The van der Waals surface area contributed by atoms with Crippen molar-refractivity contribution in [2.75, 3.05) is 13.1 Å². The molecule has 1 saturated heterocycles. The van der Waals surface area contributed by atoms with Gasteiger partial charge in [-0.2, -0.15) is 4.31 Å². The van der Waals surface area contributed by atoms with Crippen LogP contribution in [0.15, 0.2) is 44.9 Å². The number of nitrogens with one attached hydrogen (secondary N) is 1. The minimum absolute atomic E-state index is 0.101. The number of benzene rings is 1. The molecule has 29 heavy (non-hydrogen) atoms. The van der Waals surface area contributed by atoms with E-state index in [0.717, 1.165) is 14.9 Å². The molecule has 2 heterocycles. The van der Waals surface area contributed by atoms with Crippen LogP contribution in [0.3, 0.4) is 0 Å².